The van der Waals surface area contributed by atoms with E-state index in [9.17, 15) is 10.1 Å². The lowest BCUT2D eigenvalue weighted by molar-refractivity contribution is 0.480. The minimum atomic E-state index is -0.0622. The average molecular weight is 321 g/mol. The number of nitrogens with zero attached hydrogens (tertiary/aromatic N) is 5. The van der Waals surface area contributed by atoms with Crippen LogP contribution in [-0.4, -0.2) is 27.4 Å². The molecule has 1 aliphatic heterocycles. The molecule has 0 spiro atoms. The zero-order valence-electron chi connectivity index (χ0n) is 13.4. The Hall–Kier alpha value is -2.68. The largest absolute Gasteiger partial charge is 0.351 e. The molecular formula is C18H19N5O. The maximum atomic E-state index is 12.2. The highest BCUT2D eigenvalue weighted by atomic mass is 16.1. The van der Waals surface area contributed by atoms with E-state index in [2.05, 4.69) is 21.1 Å². The van der Waals surface area contributed by atoms with Gasteiger partial charge in [0.1, 0.15) is 11.9 Å². The first-order valence-electron chi connectivity index (χ1n) is 8.46. The van der Waals surface area contributed by atoms with Crippen LogP contribution >= 0.6 is 0 Å². The number of anilines is 1. The van der Waals surface area contributed by atoms with Gasteiger partial charge in [0.25, 0.3) is 5.56 Å². The predicted octanol–water partition coefficient (Wildman–Crippen LogP) is 2.06. The normalized spacial score (nSPS) is 20.1. The highest BCUT2D eigenvalue weighted by Crippen LogP contribution is 2.38. The highest BCUT2D eigenvalue weighted by molar-refractivity contribution is 5.54. The fraction of sp³-hybridized carbons (Fsp3) is 0.444. The lowest BCUT2D eigenvalue weighted by Crippen LogP contribution is -2.38. The van der Waals surface area contributed by atoms with Crippen molar-refractivity contribution in [2.45, 2.75) is 44.2 Å². The number of aromatic nitrogens is 3. The van der Waals surface area contributed by atoms with Crippen LogP contribution in [0.5, 0.6) is 0 Å². The number of hydrogen-bond acceptors (Lipinski definition) is 5. The maximum Gasteiger partial charge on any atom is 0.266 e. The van der Waals surface area contributed by atoms with E-state index >= 15 is 0 Å². The van der Waals surface area contributed by atoms with Gasteiger partial charge in [-0.2, -0.15) is 10.4 Å². The monoisotopic (exact) mass is 321 g/mol. The molecule has 2 fully saturated rings. The van der Waals surface area contributed by atoms with Gasteiger partial charge in [-0.3, -0.25) is 4.79 Å². The maximum absolute atomic E-state index is 12.2. The van der Waals surface area contributed by atoms with Crippen LogP contribution in [0.1, 0.15) is 42.9 Å². The zero-order valence-corrected chi connectivity index (χ0v) is 13.4. The van der Waals surface area contributed by atoms with E-state index in [1.165, 1.54) is 12.8 Å². The first-order valence-corrected chi connectivity index (χ1v) is 8.46. The molecule has 24 heavy (non-hydrogen) atoms. The molecule has 2 aromatic heterocycles. The summed E-state index contributed by atoms with van der Waals surface area (Å²) in [5.41, 5.74) is 1.54. The van der Waals surface area contributed by atoms with E-state index in [-0.39, 0.29) is 11.6 Å². The van der Waals surface area contributed by atoms with Crippen molar-refractivity contribution in [3.8, 4) is 6.07 Å². The van der Waals surface area contributed by atoms with Gasteiger partial charge in [0.05, 0.1) is 23.8 Å². The van der Waals surface area contributed by atoms with E-state index in [1.54, 1.807) is 29.1 Å². The summed E-state index contributed by atoms with van der Waals surface area (Å²) in [4.78, 5) is 18.7. The van der Waals surface area contributed by atoms with E-state index in [0.717, 1.165) is 25.1 Å². The minimum absolute atomic E-state index is 0.0622. The lowest BCUT2D eigenvalue weighted by atomic mass is 10.2. The van der Waals surface area contributed by atoms with Gasteiger partial charge in [0, 0.05) is 24.7 Å². The molecule has 1 unspecified atom stereocenters. The molecule has 2 aromatic rings. The summed E-state index contributed by atoms with van der Waals surface area (Å²) < 4.78 is 1.59. The smallest absolute Gasteiger partial charge is 0.266 e. The second kappa shape index (κ2) is 6.08. The van der Waals surface area contributed by atoms with Crippen molar-refractivity contribution in [3.63, 3.8) is 0 Å². The molecule has 3 heterocycles. The lowest BCUT2D eigenvalue weighted by Gasteiger charge is -2.26. The topological polar surface area (TPSA) is 74.8 Å². The first kappa shape index (κ1) is 14.9. The van der Waals surface area contributed by atoms with Gasteiger partial charge in [-0.25, -0.2) is 9.67 Å². The summed E-state index contributed by atoms with van der Waals surface area (Å²) in [6.45, 7) is 1.40. The Bertz CT molecular complexity index is 849. The molecule has 0 bridgehead atoms. The van der Waals surface area contributed by atoms with Crippen molar-refractivity contribution < 1.29 is 0 Å². The van der Waals surface area contributed by atoms with E-state index in [4.69, 9.17) is 0 Å². The molecule has 1 saturated carbocycles. The van der Waals surface area contributed by atoms with Crippen molar-refractivity contribution >= 4 is 5.82 Å². The van der Waals surface area contributed by atoms with Gasteiger partial charge in [0.2, 0.25) is 0 Å². The SMILES string of the molecule is N#Cc1cccnc1N1CCCC1Cn1nc(C2CC2)ccc1=O. The van der Waals surface area contributed by atoms with E-state index < -0.39 is 0 Å². The summed E-state index contributed by atoms with van der Waals surface area (Å²) in [6, 6.07) is 9.40. The fourth-order valence-corrected chi connectivity index (χ4v) is 3.41. The molecule has 4 rings (SSSR count). The zero-order chi connectivity index (χ0) is 16.5. The van der Waals surface area contributed by atoms with Crippen LogP contribution in [0.3, 0.4) is 0 Å². The number of nitriles is 1. The predicted molar refractivity (Wildman–Crippen MR) is 89.8 cm³/mol. The molecule has 6 heteroatoms. The molecule has 122 valence electrons. The molecule has 0 aromatic carbocycles. The summed E-state index contributed by atoms with van der Waals surface area (Å²) in [6.07, 6.45) is 6.05. The van der Waals surface area contributed by atoms with Crippen LogP contribution in [0.4, 0.5) is 5.82 Å². The molecular weight excluding hydrogens is 302 g/mol. The number of pyridine rings is 1. The minimum Gasteiger partial charge on any atom is -0.351 e. The summed E-state index contributed by atoms with van der Waals surface area (Å²) >= 11 is 0. The van der Waals surface area contributed by atoms with Gasteiger partial charge in [-0.15, -0.1) is 0 Å². The van der Waals surface area contributed by atoms with Gasteiger partial charge in [0.15, 0.2) is 0 Å². The Labute approximate surface area is 140 Å². The van der Waals surface area contributed by atoms with Crippen molar-refractivity contribution in [1.82, 2.24) is 14.8 Å². The Morgan fingerprint density at radius 1 is 1.25 bits per heavy atom. The molecule has 2 aliphatic rings. The molecule has 0 N–H and O–H groups in total. The molecule has 1 aliphatic carbocycles. The first-order chi connectivity index (χ1) is 11.8. The third-order valence-electron chi connectivity index (χ3n) is 4.82. The average Bonchev–Trinajstić information content (AvgIpc) is 3.36. The van der Waals surface area contributed by atoms with E-state index in [1.807, 2.05) is 6.07 Å². The van der Waals surface area contributed by atoms with Crippen LogP contribution in [-0.2, 0) is 6.54 Å². The molecule has 1 saturated heterocycles. The second-order valence-corrected chi connectivity index (χ2v) is 6.53. The fourth-order valence-electron chi connectivity index (χ4n) is 3.41. The standard InChI is InChI=1S/C18H19N5O/c19-11-14-3-1-9-20-18(14)22-10-2-4-15(22)12-23-17(24)8-7-16(21-23)13-5-6-13/h1,3,7-9,13,15H,2,4-6,10,12H2. The number of rotatable bonds is 4. The Morgan fingerprint density at radius 3 is 2.92 bits per heavy atom. The van der Waals surface area contributed by atoms with Gasteiger partial charge in [-0.1, -0.05) is 0 Å². The molecule has 6 nitrogen and oxygen atoms in total. The summed E-state index contributed by atoms with van der Waals surface area (Å²) in [5.74, 6) is 1.24. The number of hydrogen-bond donors (Lipinski definition) is 0. The summed E-state index contributed by atoms with van der Waals surface area (Å²) in [7, 11) is 0. The van der Waals surface area contributed by atoms with Crippen molar-refractivity contribution in [1.29, 1.82) is 5.26 Å². The second-order valence-electron chi connectivity index (χ2n) is 6.53. The Balaban J connectivity index is 1.61. The van der Waals surface area contributed by atoms with Crippen LogP contribution < -0.4 is 10.5 Å². The molecule has 0 radical (unpaired) electrons. The molecule has 1 atom stereocenters. The highest BCUT2D eigenvalue weighted by Gasteiger charge is 2.29. The van der Waals surface area contributed by atoms with Crippen LogP contribution in [0.15, 0.2) is 35.3 Å². The summed E-state index contributed by atoms with van der Waals surface area (Å²) in [5, 5.41) is 13.9. The Morgan fingerprint density at radius 2 is 2.12 bits per heavy atom. The van der Waals surface area contributed by atoms with Crippen molar-refractivity contribution in [3.05, 3.63) is 52.1 Å². The van der Waals surface area contributed by atoms with Gasteiger partial charge in [-0.05, 0) is 43.9 Å². The van der Waals surface area contributed by atoms with Crippen LogP contribution in [0.25, 0.3) is 0 Å². The van der Waals surface area contributed by atoms with Gasteiger partial charge < -0.3 is 4.90 Å². The third-order valence-corrected chi connectivity index (χ3v) is 4.82. The molecule has 0 amide bonds. The van der Waals surface area contributed by atoms with Crippen LogP contribution in [0, 0.1) is 11.3 Å². The Kier molecular flexibility index (Phi) is 3.77. The quantitative estimate of drug-likeness (QED) is 0.861. The van der Waals surface area contributed by atoms with Crippen LogP contribution in [0.2, 0.25) is 0 Å². The van der Waals surface area contributed by atoms with Crippen molar-refractivity contribution in [2.75, 3.05) is 11.4 Å². The van der Waals surface area contributed by atoms with Gasteiger partial charge >= 0.3 is 0 Å². The van der Waals surface area contributed by atoms with Crippen molar-refractivity contribution in [2.24, 2.45) is 0 Å². The third kappa shape index (κ3) is 2.78. The van der Waals surface area contributed by atoms with E-state index in [0.29, 0.717) is 23.8 Å².